The second-order valence-corrected chi connectivity index (χ2v) is 4.85. The van der Waals surface area contributed by atoms with Gasteiger partial charge in [0.2, 0.25) is 0 Å². The Balaban J connectivity index is 2.07. The van der Waals surface area contributed by atoms with Crippen LogP contribution in [0.1, 0.15) is 19.8 Å². The Morgan fingerprint density at radius 2 is 1.90 bits per heavy atom. The predicted molar refractivity (Wildman–Crippen MR) is 88.3 cm³/mol. The smallest absolute Gasteiger partial charge is 0.173 e. The number of nitrogens with zero attached hydrogens (tertiary/aromatic N) is 3. The van der Waals surface area contributed by atoms with E-state index < -0.39 is 0 Å². The van der Waals surface area contributed by atoms with Gasteiger partial charge in [0.1, 0.15) is 12.0 Å². The average molecular weight is 286 g/mol. The van der Waals surface area contributed by atoms with Crippen LogP contribution in [0.2, 0.25) is 0 Å². The van der Waals surface area contributed by atoms with Gasteiger partial charge in [-0.05, 0) is 18.6 Å². The van der Waals surface area contributed by atoms with Gasteiger partial charge in [0.25, 0.3) is 0 Å². The molecule has 0 radical (unpaired) electrons. The molecule has 0 unspecified atom stereocenters. The van der Waals surface area contributed by atoms with E-state index in [0.717, 1.165) is 30.9 Å². The fourth-order valence-corrected chi connectivity index (χ4v) is 1.94. The van der Waals surface area contributed by atoms with Crippen LogP contribution in [0, 0.1) is 0 Å². The van der Waals surface area contributed by atoms with Gasteiger partial charge in [-0.25, -0.2) is 9.97 Å². The molecule has 112 valence electrons. The molecule has 0 saturated carbocycles. The SMILES string of the molecule is CCCCN(C)c1ncnc(NNc2ccccc2)c1N. The Labute approximate surface area is 125 Å². The van der Waals surface area contributed by atoms with E-state index in [9.17, 15) is 0 Å². The lowest BCUT2D eigenvalue weighted by Gasteiger charge is -2.20. The lowest BCUT2D eigenvalue weighted by atomic mass is 10.3. The molecule has 0 bridgehead atoms. The zero-order valence-electron chi connectivity index (χ0n) is 12.5. The van der Waals surface area contributed by atoms with Crippen LogP contribution in [-0.2, 0) is 0 Å². The molecule has 6 nitrogen and oxygen atoms in total. The average Bonchev–Trinajstić information content (AvgIpc) is 2.52. The first-order valence-corrected chi connectivity index (χ1v) is 7.11. The molecule has 0 spiro atoms. The van der Waals surface area contributed by atoms with E-state index in [1.807, 2.05) is 42.3 Å². The minimum Gasteiger partial charge on any atom is -0.393 e. The highest BCUT2D eigenvalue weighted by molar-refractivity contribution is 5.75. The molecule has 0 atom stereocenters. The molecular weight excluding hydrogens is 264 g/mol. The highest BCUT2D eigenvalue weighted by Gasteiger charge is 2.11. The molecule has 0 amide bonds. The van der Waals surface area contributed by atoms with Crippen LogP contribution in [0.15, 0.2) is 36.7 Å². The van der Waals surface area contributed by atoms with Crippen molar-refractivity contribution in [1.29, 1.82) is 0 Å². The van der Waals surface area contributed by atoms with Crippen molar-refractivity contribution in [1.82, 2.24) is 9.97 Å². The second-order valence-electron chi connectivity index (χ2n) is 4.85. The Bertz CT molecular complexity index is 557. The standard InChI is InChI=1S/C15H22N6/c1-3-4-10-21(2)15-13(16)14(17-11-18-15)20-19-12-8-6-5-7-9-12/h5-9,11,19H,3-4,10,16H2,1-2H3,(H,17,18,20). The van der Waals surface area contributed by atoms with E-state index in [0.29, 0.717) is 11.5 Å². The van der Waals surface area contributed by atoms with Gasteiger partial charge in [-0.1, -0.05) is 31.5 Å². The summed E-state index contributed by atoms with van der Waals surface area (Å²) in [5, 5.41) is 0. The van der Waals surface area contributed by atoms with Crippen LogP contribution in [0.4, 0.5) is 23.0 Å². The molecule has 0 aliphatic heterocycles. The lowest BCUT2D eigenvalue weighted by Crippen LogP contribution is -2.22. The molecule has 6 heteroatoms. The van der Waals surface area contributed by atoms with Gasteiger partial charge in [0.05, 0.1) is 5.69 Å². The molecule has 0 aliphatic rings. The molecule has 2 aromatic rings. The number of benzene rings is 1. The number of hydrazine groups is 1. The van der Waals surface area contributed by atoms with Crippen LogP contribution in [0.3, 0.4) is 0 Å². The summed E-state index contributed by atoms with van der Waals surface area (Å²) in [6.07, 6.45) is 3.75. The summed E-state index contributed by atoms with van der Waals surface area (Å²) in [5.41, 5.74) is 13.7. The summed E-state index contributed by atoms with van der Waals surface area (Å²) in [6.45, 7) is 3.08. The number of aromatic nitrogens is 2. The van der Waals surface area contributed by atoms with E-state index in [1.165, 1.54) is 6.33 Å². The maximum absolute atomic E-state index is 6.15. The molecule has 1 aromatic carbocycles. The van der Waals surface area contributed by atoms with Gasteiger partial charge in [-0.2, -0.15) is 0 Å². The predicted octanol–water partition coefficient (Wildman–Crippen LogP) is 2.73. The van der Waals surface area contributed by atoms with Gasteiger partial charge in [0.15, 0.2) is 11.6 Å². The van der Waals surface area contributed by atoms with Gasteiger partial charge >= 0.3 is 0 Å². The molecule has 4 N–H and O–H groups in total. The first kappa shape index (κ1) is 14.9. The van der Waals surface area contributed by atoms with Crippen LogP contribution in [0.25, 0.3) is 0 Å². The third kappa shape index (κ3) is 3.98. The first-order valence-electron chi connectivity index (χ1n) is 7.11. The van der Waals surface area contributed by atoms with Crippen molar-refractivity contribution in [3.05, 3.63) is 36.7 Å². The minimum atomic E-state index is 0.541. The van der Waals surface area contributed by atoms with Gasteiger partial charge < -0.3 is 10.6 Å². The van der Waals surface area contributed by atoms with Crippen molar-refractivity contribution in [2.24, 2.45) is 0 Å². The topological polar surface area (TPSA) is 79.1 Å². The molecule has 21 heavy (non-hydrogen) atoms. The highest BCUT2D eigenvalue weighted by atomic mass is 15.4. The quantitative estimate of drug-likeness (QED) is 0.679. The minimum absolute atomic E-state index is 0.541. The normalized spacial score (nSPS) is 10.2. The summed E-state index contributed by atoms with van der Waals surface area (Å²) >= 11 is 0. The molecule has 1 aromatic heterocycles. The summed E-state index contributed by atoms with van der Waals surface area (Å²) < 4.78 is 0. The van der Waals surface area contributed by atoms with Crippen molar-refractivity contribution in [2.45, 2.75) is 19.8 Å². The Morgan fingerprint density at radius 3 is 2.62 bits per heavy atom. The Kier molecular flexibility index (Phi) is 5.20. The largest absolute Gasteiger partial charge is 0.393 e. The fraction of sp³-hybridized carbons (Fsp3) is 0.333. The van der Waals surface area contributed by atoms with Crippen molar-refractivity contribution >= 4 is 23.0 Å². The van der Waals surface area contributed by atoms with Gasteiger partial charge in [-0.3, -0.25) is 10.9 Å². The van der Waals surface area contributed by atoms with Crippen molar-refractivity contribution in [3.63, 3.8) is 0 Å². The summed E-state index contributed by atoms with van der Waals surface area (Å²) in [4.78, 5) is 10.5. The van der Waals surface area contributed by atoms with E-state index in [4.69, 9.17) is 5.73 Å². The van der Waals surface area contributed by atoms with Crippen LogP contribution < -0.4 is 21.5 Å². The van der Waals surface area contributed by atoms with Gasteiger partial charge in [-0.15, -0.1) is 0 Å². The summed E-state index contributed by atoms with van der Waals surface area (Å²) in [5.74, 6) is 1.32. The number of nitrogens with one attached hydrogen (secondary N) is 2. The van der Waals surface area contributed by atoms with E-state index in [1.54, 1.807) is 0 Å². The van der Waals surface area contributed by atoms with Crippen LogP contribution >= 0.6 is 0 Å². The van der Waals surface area contributed by atoms with Crippen LogP contribution in [0.5, 0.6) is 0 Å². The molecule has 0 saturated heterocycles. The molecule has 0 fully saturated rings. The van der Waals surface area contributed by atoms with Gasteiger partial charge in [0, 0.05) is 13.6 Å². The number of nitrogen functional groups attached to an aromatic ring is 1. The van der Waals surface area contributed by atoms with Crippen molar-refractivity contribution in [3.8, 4) is 0 Å². The lowest BCUT2D eigenvalue weighted by molar-refractivity contribution is 0.759. The van der Waals surface area contributed by atoms with Crippen molar-refractivity contribution < 1.29 is 0 Å². The number of nitrogens with two attached hydrogens (primary N) is 1. The maximum Gasteiger partial charge on any atom is 0.173 e. The zero-order valence-corrected chi connectivity index (χ0v) is 12.5. The number of anilines is 4. The number of rotatable bonds is 7. The van der Waals surface area contributed by atoms with Crippen LogP contribution in [-0.4, -0.2) is 23.6 Å². The third-order valence-corrected chi connectivity index (χ3v) is 3.17. The summed E-state index contributed by atoms with van der Waals surface area (Å²) in [6, 6.07) is 9.79. The number of para-hydroxylation sites is 1. The third-order valence-electron chi connectivity index (χ3n) is 3.17. The van der Waals surface area contributed by atoms with Crippen molar-refractivity contribution in [2.75, 3.05) is 35.1 Å². The Hall–Kier alpha value is -2.50. The maximum atomic E-state index is 6.15. The van der Waals surface area contributed by atoms with E-state index in [-0.39, 0.29) is 0 Å². The molecular formula is C15H22N6. The van der Waals surface area contributed by atoms with E-state index >= 15 is 0 Å². The second kappa shape index (κ2) is 7.33. The number of hydrogen-bond acceptors (Lipinski definition) is 6. The number of hydrogen-bond donors (Lipinski definition) is 3. The zero-order chi connectivity index (χ0) is 15.1. The first-order chi connectivity index (χ1) is 10.2. The summed E-state index contributed by atoms with van der Waals surface area (Å²) in [7, 11) is 1.99. The highest BCUT2D eigenvalue weighted by Crippen LogP contribution is 2.25. The molecule has 0 aliphatic carbocycles. The molecule has 1 heterocycles. The number of unbranched alkanes of at least 4 members (excludes halogenated alkanes) is 1. The fourth-order valence-electron chi connectivity index (χ4n) is 1.94. The Morgan fingerprint density at radius 1 is 1.14 bits per heavy atom. The molecule has 2 rings (SSSR count). The monoisotopic (exact) mass is 286 g/mol. The van der Waals surface area contributed by atoms with E-state index in [2.05, 4.69) is 27.7 Å².